The SMILES string of the molecule is C1=CC2Nc3c(c4ccc(-c5ccc(-c6nc(-c7ccccc7)nc(-c7ccc8sc9ccccc9c8c7)n6)cc5)cc4c4cc(-c5ccccc5)ccc34)N2C=C1. The zero-order valence-corrected chi connectivity index (χ0v) is 32.0. The first-order chi connectivity index (χ1) is 28.7. The predicted molar refractivity (Wildman–Crippen MR) is 243 cm³/mol. The van der Waals surface area contributed by atoms with E-state index < -0.39 is 0 Å². The van der Waals surface area contributed by atoms with Crippen LogP contribution in [0.5, 0.6) is 0 Å². The summed E-state index contributed by atoms with van der Waals surface area (Å²) in [6, 6.07) is 58.3. The van der Waals surface area contributed by atoms with Gasteiger partial charge >= 0.3 is 0 Å². The summed E-state index contributed by atoms with van der Waals surface area (Å²) in [6.45, 7) is 0. The van der Waals surface area contributed by atoms with E-state index in [4.69, 9.17) is 15.0 Å². The van der Waals surface area contributed by atoms with E-state index in [1.807, 2.05) is 29.5 Å². The molecule has 1 atom stereocenters. The molecule has 1 N–H and O–H groups in total. The number of anilines is 2. The van der Waals surface area contributed by atoms with Crippen molar-refractivity contribution in [3.63, 3.8) is 0 Å². The van der Waals surface area contributed by atoms with Gasteiger partial charge in [-0.3, -0.25) is 0 Å². The molecular formula is C52H33N5S. The highest BCUT2D eigenvalue weighted by Crippen LogP contribution is 2.49. The maximum atomic E-state index is 5.11. The van der Waals surface area contributed by atoms with Gasteiger partial charge in [-0.15, -0.1) is 11.3 Å². The fraction of sp³-hybridized carbons (Fsp3) is 0.0192. The van der Waals surface area contributed by atoms with Crippen LogP contribution in [0.3, 0.4) is 0 Å². The number of nitrogens with one attached hydrogen (secondary N) is 1. The van der Waals surface area contributed by atoms with Gasteiger partial charge in [-0.05, 0) is 81.6 Å². The number of hydrogen-bond acceptors (Lipinski definition) is 6. The third-order valence-electron chi connectivity index (χ3n) is 11.5. The lowest BCUT2D eigenvalue weighted by atomic mass is 9.92. The molecule has 0 saturated heterocycles. The molecule has 2 aliphatic heterocycles. The third kappa shape index (κ3) is 5.34. The van der Waals surface area contributed by atoms with Crippen LogP contribution in [0.25, 0.3) is 98.1 Å². The van der Waals surface area contributed by atoms with E-state index in [2.05, 4.69) is 180 Å². The Morgan fingerprint density at radius 2 is 0.948 bits per heavy atom. The Morgan fingerprint density at radius 3 is 1.71 bits per heavy atom. The van der Waals surface area contributed by atoms with Crippen molar-refractivity contribution in [2.24, 2.45) is 0 Å². The van der Waals surface area contributed by atoms with Crippen molar-refractivity contribution in [1.82, 2.24) is 15.0 Å². The van der Waals surface area contributed by atoms with Gasteiger partial charge in [-0.2, -0.15) is 0 Å². The number of nitrogens with zero attached hydrogens (tertiary/aromatic N) is 4. The summed E-state index contributed by atoms with van der Waals surface area (Å²) in [5, 5.41) is 11.2. The highest BCUT2D eigenvalue weighted by atomic mass is 32.1. The van der Waals surface area contributed by atoms with Crippen molar-refractivity contribution in [2.45, 2.75) is 6.17 Å². The number of fused-ring (bicyclic) bond motifs is 11. The molecule has 272 valence electrons. The van der Waals surface area contributed by atoms with Gasteiger partial charge in [0.25, 0.3) is 0 Å². The molecular weight excluding hydrogens is 727 g/mol. The first kappa shape index (κ1) is 32.8. The molecule has 12 rings (SSSR count). The van der Waals surface area contributed by atoms with E-state index in [-0.39, 0.29) is 6.17 Å². The van der Waals surface area contributed by atoms with Crippen LogP contribution in [0.1, 0.15) is 0 Å². The molecule has 5 nitrogen and oxygen atoms in total. The molecule has 1 unspecified atom stereocenters. The summed E-state index contributed by atoms with van der Waals surface area (Å²) < 4.78 is 2.53. The fourth-order valence-electron chi connectivity index (χ4n) is 8.63. The van der Waals surface area contributed by atoms with Gasteiger partial charge < -0.3 is 10.2 Å². The normalized spacial score (nSPS) is 14.3. The Kier molecular flexibility index (Phi) is 7.40. The Bertz CT molecular complexity index is 3310. The molecule has 2 aromatic heterocycles. The van der Waals surface area contributed by atoms with Crippen LogP contribution in [0.15, 0.2) is 188 Å². The minimum Gasteiger partial charge on any atom is -0.359 e. The molecule has 0 saturated carbocycles. The second-order valence-electron chi connectivity index (χ2n) is 14.9. The Hall–Kier alpha value is -7.41. The van der Waals surface area contributed by atoms with Crippen LogP contribution in [0.4, 0.5) is 11.4 Å². The van der Waals surface area contributed by atoms with Crippen molar-refractivity contribution in [3.05, 3.63) is 188 Å². The van der Waals surface area contributed by atoms with Crippen LogP contribution in [0, 0.1) is 0 Å². The lowest BCUT2D eigenvalue weighted by molar-refractivity contribution is 0.910. The van der Waals surface area contributed by atoms with Crippen molar-refractivity contribution in [2.75, 3.05) is 10.2 Å². The summed E-state index contributed by atoms with van der Waals surface area (Å²) in [6.07, 6.45) is 8.71. The van der Waals surface area contributed by atoms with E-state index in [0.29, 0.717) is 17.5 Å². The van der Waals surface area contributed by atoms with E-state index in [1.165, 1.54) is 64.2 Å². The topological polar surface area (TPSA) is 53.9 Å². The average Bonchev–Trinajstić information content (AvgIpc) is 3.88. The maximum absolute atomic E-state index is 5.11. The first-order valence-corrected chi connectivity index (χ1v) is 20.4. The summed E-state index contributed by atoms with van der Waals surface area (Å²) >= 11 is 1.81. The largest absolute Gasteiger partial charge is 0.359 e. The van der Waals surface area contributed by atoms with Crippen molar-refractivity contribution < 1.29 is 0 Å². The molecule has 6 heteroatoms. The zero-order chi connectivity index (χ0) is 38.2. The molecule has 2 aliphatic rings. The Labute approximate surface area is 338 Å². The minimum atomic E-state index is 0.0894. The lowest BCUT2D eigenvalue weighted by Gasteiger charge is -2.23. The molecule has 8 aromatic carbocycles. The van der Waals surface area contributed by atoms with Crippen molar-refractivity contribution >= 4 is 64.4 Å². The molecule has 58 heavy (non-hydrogen) atoms. The second-order valence-corrected chi connectivity index (χ2v) is 16.0. The van der Waals surface area contributed by atoms with E-state index >= 15 is 0 Å². The molecule has 0 bridgehead atoms. The van der Waals surface area contributed by atoms with Gasteiger partial charge in [0.2, 0.25) is 0 Å². The maximum Gasteiger partial charge on any atom is 0.164 e. The Morgan fingerprint density at radius 1 is 0.414 bits per heavy atom. The quantitative estimate of drug-likeness (QED) is 0.177. The molecule has 0 spiro atoms. The summed E-state index contributed by atoms with van der Waals surface area (Å²) in [4.78, 5) is 17.5. The first-order valence-electron chi connectivity index (χ1n) is 19.5. The minimum absolute atomic E-state index is 0.0894. The number of hydrogen-bond donors (Lipinski definition) is 1. The highest BCUT2D eigenvalue weighted by molar-refractivity contribution is 7.25. The molecule has 0 amide bonds. The van der Waals surface area contributed by atoms with Gasteiger partial charge in [-0.25, -0.2) is 15.0 Å². The molecule has 10 aromatic rings. The summed E-state index contributed by atoms with van der Waals surface area (Å²) in [5.74, 6) is 1.95. The monoisotopic (exact) mass is 759 g/mol. The predicted octanol–water partition coefficient (Wildman–Crippen LogP) is 13.5. The second kappa shape index (κ2) is 13.1. The van der Waals surface area contributed by atoms with Crippen LogP contribution in [0.2, 0.25) is 0 Å². The smallest absolute Gasteiger partial charge is 0.164 e. The van der Waals surface area contributed by atoms with Gasteiger partial charge in [0.15, 0.2) is 17.5 Å². The molecule has 4 heterocycles. The number of thiophene rings is 1. The van der Waals surface area contributed by atoms with E-state index in [9.17, 15) is 0 Å². The number of allylic oxidation sites excluding steroid dienone is 2. The zero-order valence-electron chi connectivity index (χ0n) is 31.2. The summed E-state index contributed by atoms with van der Waals surface area (Å²) in [7, 11) is 0. The molecule has 0 fully saturated rings. The van der Waals surface area contributed by atoms with E-state index in [0.717, 1.165) is 27.8 Å². The van der Waals surface area contributed by atoms with Gasteiger partial charge in [0.1, 0.15) is 6.17 Å². The fourth-order valence-corrected chi connectivity index (χ4v) is 9.72. The van der Waals surface area contributed by atoms with Crippen LogP contribution in [-0.2, 0) is 0 Å². The molecule has 0 aliphatic carbocycles. The highest BCUT2D eigenvalue weighted by Gasteiger charge is 2.31. The van der Waals surface area contributed by atoms with Gasteiger partial charge in [0.05, 0.1) is 11.4 Å². The Balaban J connectivity index is 0.974. The molecule has 0 radical (unpaired) electrons. The van der Waals surface area contributed by atoms with Crippen LogP contribution < -0.4 is 10.2 Å². The third-order valence-corrected chi connectivity index (χ3v) is 12.6. The summed E-state index contributed by atoms with van der Waals surface area (Å²) in [5.41, 5.74) is 9.94. The lowest BCUT2D eigenvalue weighted by Crippen LogP contribution is -2.30. The average molecular weight is 760 g/mol. The number of aromatic nitrogens is 3. The van der Waals surface area contributed by atoms with Gasteiger partial charge in [0, 0.05) is 53.8 Å². The number of rotatable bonds is 5. The van der Waals surface area contributed by atoms with Crippen LogP contribution in [-0.4, -0.2) is 21.1 Å². The van der Waals surface area contributed by atoms with E-state index in [1.54, 1.807) is 0 Å². The van der Waals surface area contributed by atoms with Gasteiger partial charge in [-0.1, -0.05) is 133 Å². The van der Waals surface area contributed by atoms with Crippen molar-refractivity contribution in [1.29, 1.82) is 0 Å². The standard InChI is InChI=1S/C52H33N5S/c1-3-11-32(12-4-1)36-22-25-40-42(29-36)43-30-37(23-26-41(43)49-48(40)53-47-17-9-10-28-57(47)49)33-18-20-35(21-19-33)51-54-50(34-13-5-2-6-14-34)55-52(56-51)38-24-27-46-44(31-38)39-15-7-8-16-45(39)58-46/h1-31,47,53H. The van der Waals surface area contributed by atoms with Crippen molar-refractivity contribution in [3.8, 4) is 56.4 Å². The van der Waals surface area contributed by atoms with Crippen LogP contribution >= 0.6 is 11.3 Å². The number of benzene rings is 8.